The summed E-state index contributed by atoms with van der Waals surface area (Å²) in [5, 5.41) is 0. The Morgan fingerprint density at radius 2 is 1.35 bits per heavy atom. The molecule has 0 saturated carbocycles. The van der Waals surface area contributed by atoms with Gasteiger partial charge in [0.15, 0.2) is 5.78 Å². The first-order chi connectivity index (χ1) is 7.86. The summed E-state index contributed by atoms with van der Waals surface area (Å²) in [7, 11) is 0. The van der Waals surface area contributed by atoms with E-state index in [2.05, 4.69) is 0 Å². The summed E-state index contributed by atoms with van der Waals surface area (Å²) < 4.78 is 0. The van der Waals surface area contributed by atoms with Crippen LogP contribution in [0.3, 0.4) is 0 Å². The lowest BCUT2D eigenvalue weighted by Gasteiger charge is -1.94. The third kappa shape index (κ3) is 3.93. The highest BCUT2D eigenvalue weighted by molar-refractivity contribution is 7.59. The minimum absolute atomic E-state index is 0. The summed E-state index contributed by atoms with van der Waals surface area (Å²) in [6, 6.07) is 19.1. The van der Waals surface area contributed by atoms with Gasteiger partial charge in [-0.1, -0.05) is 66.7 Å². The molecule has 0 atom stereocenters. The average Bonchev–Trinajstić information content (AvgIpc) is 2.38. The fourth-order valence-corrected chi connectivity index (χ4v) is 1.43. The summed E-state index contributed by atoms with van der Waals surface area (Å²) in [4.78, 5) is 11.7. The zero-order valence-corrected chi connectivity index (χ0v) is 10.3. The minimum Gasteiger partial charge on any atom is -0.289 e. The Labute approximate surface area is 108 Å². The molecule has 2 aromatic rings. The molecule has 0 spiro atoms. The largest absolute Gasteiger partial charge is 0.289 e. The van der Waals surface area contributed by atoms with E-state index >= 15 is 0 Å². The van der Waals surface area contributed by atoms with Crippen LogP contribution in [0, 0.1) is 0 Å². The number of rotatable bonds is 3. The summed E-state index contributed by atoms with van der Waals surface area (Å²) in [5.74, 6) is 0.0319. The average molecular weight is 242 g/mol. The van der Waals surface area contributed by atoms with Gasteiger partial charge in [0.05, 0.1) is 0 Å². The van der Waals surface area contributed by atoms with Crippen molar-refractivity contribution in [2.45, 2.75) is 0 Å². The lowest BCUT2D eigenvalue weighted by atomic mass is 10.1. The summed E-state index contributed by atoms with van der Waals surface area (Å²) in [6.07, 6.45) is 3.43. The maximum atomic E-state index is 11.7. The first kappa shape index (κ1) is 13.3. The molecule has 0 saturated heterocycles. The standard InChI is InChI=1S/C15H12O.H2S/c16-15(14-9-5-2-6-10-14)12-11-13-7-3-1-4-8-13;/h1-12H;1H2/b12-11+;. The molecule has 2 aromatic carbocycles. The number of hydrogen-bond donors (Lipinski definition) is 0. The molecule has 0 fully saturated rings. The van der Waals surface area contributed by atoms with E-state index in [1.165, 1.54) is 0 Å². The van der Waals surface area contributed by atoms with E-state index in [-0.39, 0.29) is 19.3 Å². The van der Waals surface area contributed by atoms with Gasteiger partial charge in [-0.3, -0.25) is 4.79 Å². The fraction of sp³-hybridized carbons (Fsp3) is 0. The molecule has 0 unspecified atom stereocenters. The second-order valence-electron chi connectivity index (χ2n) is 3.47. The van der Waals surface area contributed by atoms with Crippen molar-refractivity contribution < 1.29 is 4.79 Å². The van der Waals surface area contributed by atoms with Crippen LogP contribution in [0.15, 0.2) is 66.7 Å². The normalized spacial score (nSPS) is 9.88. The van der Waals surface area contributed by atoms with Gasteiger partial charge in [-0.25, -0.2) is 0 Å². The zero-order chi connectivity index (χ0) is 11.2. The maximum absolute atomic E-state index is 11.7. The molecule has 0 N–H and O–H groups in total. The fourth-order valence-electron chi connectivity index (χ4n) is 1.43. The zero-order valence-electron chi connectivity index (χ0n) is 9.34. The van der Waals surface area contributed by atoms with Gasteiger partial charge >= 0.3 is 0 Å². The first-order valence-corrected chi connectivity index (χ1v) is 5.19. The van der Waals surface area contributed by atoms with E-state index in [1.807, 2.05) is 66.7 Å². The summed E-state index contributed by atoms with van der Waals surface area (Å²) >= 11 is 0. The molecule has 86 valence electrons. The Bertz CT molecular complexity index is 489. The molecule has 0 heterocycles. The Morgan fingerprint density at radius 3 is 1.94 bits per heavy atom. The van der Waals surface area contributed by atoms with Crippen molar-refractivity contribution >= 4 is 25.4 Å². The molecule has 0 bridgehead atoms. The topological polar surface area (TPSA) is 17.1 Å². The van der Waals surface area contributed by atoms with Gasteiger partial charge in [-0.2, -0.15) is 13.5 Å². The van der Waals surface area contributed by atoms with E-state index in [0.29, 0.717) is 0 Å². The SMILES string of the molecule is O=C(/C=C/c1ccccc1)c1ccccc1.S. The van der Waals surface area contributed by atoms with Crippen molar-refractivity contribution in [3.05, 3.63) is 77.9 Å². The number of hydrogen-bond acceptors (Lipinski definition) is 1. The van der Waals surface area contributed by atoms with E-state index in [4.69, 9.17) is 0 Å². The molecule has 2 rings (SSSR count). The number of carbonyl (C=O) groups is 1. The highest BCUT2D eigenvalue weighted by atomic mass is 32.1. The van der Waals surface area contributed by atoms with Crippen molar-refractivity contribution in [2.24, 2.45) is 0 Å². The predicted octanol–water partition coefficient (Wildman–Crippen LogP) is 3.70. The van der Waals surface area contributed by atoms with E-state index in [1.54, 1.807) is 6.08 Å². The number of allylic oxidation sites excluding steroid dienone is 1. The molecular formula is C15H14OS. The maximum Gasteiger partial charge on any atom is 0.185 e. The van der Waals surface area contributed by atoms with Gasteiger partial charge in [0.25, 0.3) is 0 Å². The van der Waals surface area contributed by atoms with Crippen molar-refractivity contribution in [2.75, 3.05) is 0 Å². The van der Waals surface area contributed by atoms with Crippen LogP contribution in [-0.2, 0) is 0 Å². The number of ketones is 1. The van der Waals surface area contributed by atoms with Crippen LogP contribution in [-0.4, -0.2) is 5.78 Å². The smallest absolute Gasteiger partial charge is 0.185 e. The molecule has 0 radical (unpaired) electrons. The Kier molecular flexibility index (Phi) is 5.24. The second kappa shape index (κ2) is 6.71. The Balaban J connectivity index is 0.00000144. The van der Waals surface area contributed by atoms with Gasteiger partial charge in [0.2, 0.25) is 0 Å². The third-order valence-electron chi connectivity index (χ3n) is 2.29. The Morgan fingerprint density at radius 1 is 0.824 bits per heavy atom. The lowest BCUT2D eigenvalue weighted by Crippen LogP contribution is -1.92. The van der Waals surface area contributed by atoms with Crippen LogP contribution in [0.5, 0.6) is 0 Å². The van der Waals surface area contributed by atoms with Crippen molar-refractivity contribution in [1.29, 1.82) is 0 Å². The Hall–Kier alpha value is -1.80. The van der Waals surface area contributed by atoms with Gasteiger partial charge < -0.3 is 0 Å². The molecule has 0 amide bonds. The predicted molar refractivity (Wildman–Crippen MR) is 76.6 cm³/mol. The number of carbonyl (C=O) groups excluding carboxylic acids is 1. The van der Waals surface area contributed by atoms with E-state index in [0.717, 1.165) is 11.1 Å². The van der Waals surface area contributed by atoms with Crippen LogP contribution in [0.25, 0.3) is 6.08 Å². The molecule has 17 heavy (non-hydrogen) atoms. The van der Waals surface area contributed by atoms with E-state index < -0.39 is 0 Å². The molecule has 0 aliphatic rings. The van der Waals surface area contributed by atoms with Gasteiger partial charge in [-0.05, 0) is 11.6 Å². The lowest BCUT2D eigenvalue weighted by molar-refractivity contribution is 0.104. The monoisotopic (exact) mass is 242 g/mol. The van der Waals surface area contributed by atoms with E-state index in [9.17, 15) is 4.79 Å². The van der Waals surface area contributed by atoms with Gasteiger partial charge in [0.1, 0.15) is 0 Å². The summed E-state index contributed by atoms with van der Waals surface area (Å²) in [6.45, 7) is 0. The molecule has 0 aromatic heterocycles. The molecule has 1 nitrogen and oxygen atoms in total. The second-order valence-corrected chi connectivity index (χ2v) is 3.47. The molecule has 0 aliphatic carbocycles. The highest BCUT2D eigenvalue weighted by Gasteiger charge is 1.98. The van der Waals surface area contributed by atoms with Crippen LogP contribution >= 0.6 is 13.5 Å². The molecule has 0 aliphatic heterocycles. The molecule has 2 heteroatoms. The van der Waals surface area contributed by atoms with Gasteiger partial charge in [-0.15, -0.1) is 0 Å². The first-order valence-electron chi connectivity index (χ1n) is 5.19. The van der Waals surface area contributed by atoms with Crippen molar-refractivity contribution in [1.82, 2.24) is 0 Å². The van der Waals surface area contributed by atoms with Crippen LogP contribution in [0.4, 0.5) is 0 Å². The third-order valence-corrected chi connectivity index (χ3v) is 2.29. The van der Waals surface area contributed by atoms with Crippen LogP contribution in [0.1, 0.15) is 15.9 Å². The van der Waals surface area contributed by atoms with Crippen molar-refractivity contribution in [3.8, 4) is 0 Å². The molecular weight excluding hydrogens is 228 g/mol. The van der Waals surface area contributed by atoms with Gasteiger partial charge in [0, 0.05) is 5.56 Å². The summed E-state index contributed by atoms with van der Waals surface area (Å²) in [5.41, 5.74) is 1.75. The van der Waals surface area contributed by atoms with Crippen LogP contribution in [0.2, 0.25) is 0 Å². The minimum atomic E-state index is 0. The number of benzene rings is 2. The van der Waals surface area contributed by atoms with Crippen molar-refractivity contribution in [3.63, 3.8) is 0 Å². The highest BCUT2D eigenvalue weighted by Crippen LogP contribution is 2.05. The quantitative estimate of drug-likeness (QED) is 0.592. The van der Waals surface area contributed by atoms with Crippen LogP contribution < -0.4 is 0 Å².